The summed E-state index contributed by atoms with van der Waals surface area (Å²) in [5.41, 5.74) is 2.89. The van der Waals surface area contributed by atoms with Crippen LogP contribution in [0.1, 0.15) is 33.9 Å². The maximum absolute atomic E-state index is 12.9. The van der Waals surface area contributed by atoms with Crippen molar-refractivity contribution in [2.75, 3.05) is 14.2 Å². The number of rotatable bonds is 4. The van der Waals surface area contributed by atoms with Crippen LogP contribution >= 0.6 is 0 Å². The highest BCUT2D eigenvalue weighted by atomic mass is 16.5. The molecule has 4 rings (SSSR count). The standard InChI is InChI=1S/C21H20N2O4/c1-26-18-9-12-7-8-17(14(12)10-19(18)27-2)23-21(25)15-11-20(24)22-16-6-4-3-5-13(15)16/h3-6,9-11,17H,7-8H2,1-2H3,(H,22,24)(H,23,25)/t17-/m1/s1. The van der Waals surface area contributed by atoms with Crippen LogP contribution in [-0.4, -0.2) is 25.1 Å². The van der Waals surface area contributed by atoms with Crippen LogP contribution in [-0.2, 0) is 6.42 Å². The monoisotopic (exact) mass is 364 g/mol. The largest absolute Gasteiger partial charge is 0.493 e. The number of carbonyl (C=O) groups excluding carboxylic acids is 1. The second-order valence-electron chi connectivity index (χ2n) is 6.56. The minimum Gasteiger partial charge on any atom is -0.493 e. The zero-order chi connectivity index (χ0) is 19.0. The number of hydrogen-bond donors (Lipinski definition) is 2. The van der Waals surface area contributed by atoms with Gasteiger partial charge in [-0.3, -0.25) is 9.59 Å². The van der Waals surface area contributed by atoms with Crippen LogP contribution in [0.15, 0.2) is 47.3 Å². The number of fused-ring (bicyclic) bond motifs is 2. The van der Waals surface area contributed by atoms with Crippen LogP contribution in [0.5, 0.6) is 11.5 Å². The molecule has 138 valence electrons. The first kappa shape index (κ1) is 17.1. The Balaban J connectivity index is 1.68. The number of para-hydroxylation sites is 1. The number of aromatic amines is 1. The number of H-pyrrole nitrogens is 1. The average Bonchev–Trinajstić information content (AvgIpc) is 3.07. The number of benzene rings is 2. The smallest absolute Gasteiger partial charge is 0.252 e. The summed E-state index contributed by atoms with van der Waals surface area (Å²) in [6.45, 7) is 0. The van der Waals surface area contributed by atoms with Gasteiger partial charge in [0.1, 0.15) is 0 Å². The van der Waals surface area contributed by atoms with Crippen molar-refractivity contribution < 1.29 is 14.3 Å². The van der Waals surface area contributed by atoms with Gasteiger partial charge in [0.05, 0.1) is 25.8 Å². The Kier molecular flexibility index (Phi) is 4.32. The fraction of sp³-hybridized carbons (Fsp3) is 0.238. The number of methoxy groups -OCH3 is 2. The summed E-state index contributed by atoms with van der Waals surface area (Å²) in [4.78, 5) is 27.6. The van der Waals surface area contributed by atoms with E-state index in [1.165, 1.54) is 6.07 Å². The van der Waals surface area contributed by atoms with E-state index in [1.54, 1.807) is 20.3 Å². The van der Waals surface area contributed by atoms with Crippen LogP contribution in [0.2, 0.25) is 0 Å². The third kappa shape index (κ3) is 3.03. The highest BCUT2D eigenvalue weighted by Gasteiger charge is 2.27. The molecule has 1 aliphatic carbocycles. The molecule has 0 unspecified atom stereocenters. The van der Waals surface area contributed by atoms with Crippen molar-refractivity contribution in [3.63, 3.8) is 0 Å². The third-order valence-corrected chi connectivity index (χ3v) is 5.02. The van der Waals surface area contributed by atoms with Gasteiger partial charge in [-0.25, -0.2) is 0 Å². The summed E-state index contributed by atoms with van der Waals surface area (Å²) in [5, 5.41) is 3.79. The molecule has 0 saturated carbocycles. The Morgan fingerprint density at radius 2 is 1.85 bits per heavy atom. The molecule has 0 bridgehead atoms. The number of carbonyl (C=O) groups is 1. The number of ether oxygens (including phenoxy) is 2. The normalized spacial score (nSPS) is 15.4. The quantitative estimate of drug-likeness (QED) is 0.746. The van der Waals surface area contributed by atoms with Crippen molar-refractivity contribution in [2.45, 2.75) is 18.9 Å². The Hall–Kier alpha value is -3.28. The third-order valence-electron chi connectivity index (χ3n) is 5.02. The Labute approximate surface area is 156 Å². The lowest BCUT2D eigenvalue weighted by molar-refractivity contribution is 0.0938. The molecule has 0 spiro atoms. The van der Waals surface area contributed by atoms with Gasteiger partial charge in [-0.1, -0.05) is 18.2 Å². The molecule has 1 heterocycles. The summed E-state index contributed by atoms with van der Waals surface area (Å²) in [6.07, 6.45) is 1.63. The minimum absolute atomic E-state index is 0.134. The summed E-state index contributed by atoms with van der Waals surface area (Å²) in [7, 11) is 3.20. The number of amides is 1. The van der Waals surface area contributed by atoms with Crippen molar-refractivity contribution in [1.82, 2.24) is 10.3 Å². The predicted molar refractivity (Wildman–Crippen MR) is 103 cm³/mol. The highest BCUT2D eigenvalue weighted by molar-refractivity contribution is 6.06. The zero-order valence-corrected chi connectivity index (χ0v) is 15.2. The van der Waals surface area contributed by atoms with Crippen LogP contribution < -0.4 is 20.3 Å². The van der Waals surface area contributed by atoms with E-state index in [-0.39, 0.29) is 17.5 Å². The summed E-state index contributed by atoms with van der Waals surface area (Å²) in [6, 6.07) is 12.4. The SMILES string of the molecule is COc1cc2c(cc1OC)[C@H](NC(=O)c1cc(=O)[nH]c3ccccc13)CC2. The van der Waals surface area contributed by atoms with E-state index in [9.17, 15) is 9.59 Å². The Bertz CT molecular complexity index is 1090. The second-order valence-corrected chi connectivity index (χ2v) is 6.56. The van der Waals surface area contributed by atoms with E-state index >= 15 is 0 Å². The summed E-state index contributed by atoms with van der Waals surface area (Å²) in [5.74, 6) is 1.06. The van der Waals surface area contributed by atoms with E-state index in [4.69, 9.17) is 9.47 Å². The van der Waals surface area contributed by atoms with E-state index in [2.05, 4.69) is 10.3 Å². The van der Waals surface area contributed by atoms with Crippen molar-refractivity contribution >= 4 is 16.8 Å². The van der Waals surface area contributed by atoms with Gasteiger partial charge in [0, 0.05) is 17.0 Å². The molecule has 1 aliphatic rings. The number of nitrogens with one attached hydrogen (secondary N) is 2. The minimum atomic E-state index is -0.294. The molecular weight excluding hydrogens is 344 g/mol. The molecule has 1 atom stereocenters. The van der Waals surface area contributed by atoms with E-state index < -0.39 is 0 Å². The van der Waals surface area contributed by atoms with Gasteiger partial charge in [-0.2, -0.15) is 0 Å². The van der Waals surface area contributed by atoms with Crippen molar-refractivity contribution in [3.05, 3.63) is 69.5 Å². The molecule has 2 aromatic carbocycles. The molecule has 27 heavy (non-hydrogen) atoms. The molecule has 2 N–H and O–H groups in total. The Morgan fingerprint density at radius 3 is 2.63 bits per heavy atom. The van der Waals surface area contributed by atoms with Crippen LogP contribution in [0.4, 0.5) is 0 Å². The second kappa shape index (κ2) is 6.79. The number of aromatic nitrogens is 1. The lowest BCUT2D eigenvalue weighted by atomic mass is 10.0. The molecule has 1 amide bonds. The molecule has 3 aromatic rings. The van der Waals surface area contributed by atoms with Crippen LogP contribution in [0.25, 0.3) is 10.9 Å². The number of hydrogen-bond acceptors (Lipinski definition) is 4. The van der Waals surface area contributed by atoms with E-state index in [0.29, 0.717) is 22.6 Å². The van der Waals surface area contributed by atoms with Gasteiger partial charge in [0.25, 0.3) is 5.91 Å². The molecule has 1 aromatic heterocycles. The van der Waals surface area contributed by atoms with Crippen molar-refractivity contribution in [1.29, 1.82) is 0 Å². The number of pyridine rings is 1. The zero-order valence-electron chi connectivity index (χ0n) is 15.2. The fourth-order valence-corrected chi connectivity index (χ4v) is 3.71. The summed E-state index contributed by atoms with van der Waals surface area (Å²) >= 11 is 0. The predicted octanol–water partition coefficient (Wildman–Crippen LogP) is 2.96. The van der Waals surface area contributed by atoms with Gasteiger partial charge >= 0.3 is 0 Å². The lowest BCUT2D eigenvalue weighted by Gasteiger charge is -2.17. The van der Waals surface area contributed by atoms with Gasteiger partial charge in [0.15, 0.2) is 11.5 Å². The fourth-order valence-electron chi connectivity index (χ4n) is 3.71. The van der Waals surface area contributed by atoms with Gasteiger partial charge < -0.3 is 19.8 Å². The molecule has 0 radical (unpaired) electrons. The van der Waals surface area contributed by atoms with Gasteiger partial charge in [-0.05, 0) is 42.2 Å². The molecular formula is C21H20N2O4. The topological polar surface area (TPSA) is 80.4 Å². The lowest BCUT2D eigenvalue weighted by Crippen LogP contribution is -2.28. The summed E-state index contributed by atoms with van der Waals surface area (Å²) < 4.78 is 10.7. The van der Waals surface area contributed by atoms with Crippen LogP contribution in [0, 0.1) is 0 Å². The average molecular weight is 364 g/mol. The van der Waals surface area contributed by atoms with Gasteiger partial charge in [0.2, 0.25) is 5.56 Å². The first-order valence-corrected chi connectivity index (χ1v) is 8.78. The van der Waals surface area contributed by atoms with E-state index in [1.807, 2.05) is 30.3 Å². The highest BCUT2D eigenvalue weighted by Crippen LogP contribution is 2.39. The number of aryl methyl sites for hydroxylation is 1. The first-order chi connectivity index (χ1) is 13.1. The van der Waals surface area contributed by atoms with Gasteiger partial charge in [-0.15, -0.1) is 0 Å². The van der Waals surface area contributed by atoms with Crippen LogP contribution in [0.3, 0.4) is 0 Å². The Morgan fingerprint density at radius 1 is 1.11 bits per heavy atom. The van der Waals surface area contributed by atoms with Crippen molar-refractivity contribution in [2.24, 2.45) is 0 Å². The van der Waals surface area contributed by atoms with E-state index in [0.717, 1.165) is 29.4 Å². The van der Waals surface area contributed by atoms with Crippen molar-refractivity contribution in [3.8, 4) is 11.5 Å². The maximum Gasteiger partial charge on any atom is 0.252 e. The molecule has 6 nitrogen and oxygen atoms in total. The molecule has 6 heteroatoms. The molecule has 0 saturated heterocycles. The molecule has 0 aliphatic heterocycles. The molecule has 0 fully saturated rings. The maximum atomic E-state index is 12.9. The first-order valence-electron chi connectivity index (χ1n) is 8.78.